The van der Waals surface area contributed by atoms with E-state index >= 15 is 0 Å². The van der Waals surface area contributed by atoms with Crippen LogP contribution in [-0.2, 0) is 4.74 Å². The summed E-state index contributed by atoms with van der Waals surface area (Å²) in [5.41, 5.74) is 0.295. The van der Waals surface area contributed by atoms with Crippen LogP contribution in [0.1, 0.15) is 15.9 Å². The topological polar surface area (TPSA) is 59.4 Å². The molecule has 0 saturated carbocycles. The summed E-state index contributed by atoms with van der Waals surface area (Å²) in [6.45, 7) is -0.134. The number of hydrogen-bond acceptors (Lipinski definition) is 4. The Bertz CT molecular complexity index is 390. The molecule has 1 N–H and O–H groups in total. The summed E-state index contributed by atoms with van der Waals surface area (Å²) < 4.78 is 17.4. The number of rotatable bonds is 3. The molecule has 0 aliphatic heterocycles. The normalized spacial score (nSPS) is 10.6. The Hall–Kier alpha value is -1.75. The fourth-order valence-electron chi connectivity index (χ4n) is 0.997. The third-order valence-corrected chi connectivity index (χ3v) is 1.68. The summed E-state index contributed by atoms with van der Waals surface area (Å²) in [6.07, 6.45) is 4.24. The van der Waals surface area contributed by atoms with Crippen molar-refractivity contribution in [1.29, 1.82) is 0 Å². The fourth-order valence-corrected chi connectivity index (χ4v) is 0.997. The second-order valence-electron chi connectivity index (χ2n) is 2.68. The van der Waals surface area contributed by atoms with Gasteiger partial charge in [-0.05, 0) is 11.6 Å². The van der Waals surface area contributed by atoms with Gasteiger partial charge in [0, 0.05) is 6.20 Å². The number of hydrogen-bond donors (Lipinski definition) is 1. The summed E-state index contributed by atoms with van der Waals surface area (Å²) >= 11 is 0. The molecule has 0 aromatic carbocycles. The Morgan fingerprint density at radius 2 is 2.47 bits per heavy atom. The van der Waals surface area contributed by atoms with Gasteiger partial charge in [-0.15, -0.1) is 0 Å². The number of methoxy groups -OCH3 is 1. The summed E-state index contributed by atoms with van der Waals surface area (Å²) in [4.78, 5) is 14.5. The molecule has 0 unspecified atom stereocenters. The fraction of sp³-hybridized carbons (Fsp3) is 0.200. The summed E-state index contributed by atoms with van der Waals surface area (Å²) in [5, 5.41) is 8.53. The summed E-state index contributed by atoms with van der Waals surface area (Å²) in [6, 6.07) is 1.31. The van der Waals surface area contributed by atoms with Crippen molar-refractivity contribution in [3.05, 3.63) is 35.4 Å². The molecule has 0 bridgehead atoms. The van der Waals surface area contributed by atoms with E-state index in [0.717, 1.165) is 7.11 Å². The molecule has 0 spiro atoms. The number of aliphatic hydroxyl groups excluding tert-OH is 1. The lowest BCUT2D eigenvalue weighted by Gasteiger charge is -2.01. The SMILES string of the molecule is COC(=O)c1cc(C=CCO)cnc1F. The lowest BCUT2D eigenvalue weighted by Crippen LogP contribution is -2.06. The van der Waals surface area contributed by atoms with E-state index in [4.69, 9.17) is 5.11 Å². The third-order valence-electron chi connectivity index (χ3n) is 1.68. The number of carbonyl (C=O) groups is 1. The van der Waals surface area contributed by atoms with Crippen molar-refractivity contribution >= 4 is 12.0 Å². The molecule has 15 heavy (non-hydrogen) atoms. The maximum absolute atomic E-state index is 13.0. The quantitative estimate of drug-likeness (QED) is 0.598. The highest BCUT2D eigenvalue weighted by atomic mass is 19.1. The smallest absolute Gasteiger partial charge is 0.342 e. The Balaban J connectivity index is 3.05. The Kier molecular flexibility index (Phi) is 3.93. The van der Waals surface area contributed by atoms with Crippen LogP contribution in [0.15, 0.2) is 18.3 Å². The van der Waals surface area contributed by atoms with Crippen LogP contribution < -0.4 is 0 Å². The highest BCUT2D eigenvalue weighted by Crippen LogP contribution is 2.10. The first-order valence-corrected chi connectivity index (χ1v) is 4.20. The lowest BCUT2D eigenvalue weighted by atomic mass is 10.2. The molecule has 4 nitrogen and oxygen atoms in total. The first kappa shape index (κ1) is 11.3. The molecule has 0 radical (unpaired) electrons. The highest BCUT2D eigenvalue weighted by Gasteiger charge is 2.13. The molecule has 0 atom stereocenters. The third kappa shape index (κ3) is 2.85. The van der Waals surface area contributed by atoms with E-state index in [1.54, 1.807) is 0 Å². The van der Waals surface area contributed by atoms with Crippen molar-refractivity contribution in [3.8, 4) is 0 Å². The van der Waals surface area contributed by atoms with Crippen molar-refractivity contribution < 1.29 is 19.0 Å². The number of carbonyl (C=O) groups excluding carboxylic acids is 1. The maximum Gasteiger partial charge on any atom is 0.342 e. The first-order valence-electron chi connectivity index (χ1n) is 4.20. The molecular formula is C10H10FNO3. The summed E-state index contributed by atoms with van der Waals surface area (Å²) in [7, 11) is 1.16. The number of aromatic nitrogens is 1. The van der Waals surface area contributed by atoms with Crippen molar-refractivity contribution in [2.45, 2.75) is 0 Å². The highest BCUT2D eigenvalue weighted by molar-refractivity contribution is 5.89. The van der Waals surface area contributed by atoms with Gasteiger partial charge in [0.25, 0.3) is 0 Å². The molecule has 80 valence electrons. The van der Waals surface area contributed by atoms with Gasteiger partial charge in [-0.2, -0.15) is 4.39 Å². The largest absolute Gasteiger partial charge is 0.465 e. The zero-order valence-electron chi connectivity index (χ0n) is 8.11. The second-order valence-corrected chi connectivity index (χ2v) is 2.68. The average molecular weight is 211 g/mol. The Labute approximate surface area is 86.0 Å². The van der Waals surface area contributed by atoms with Crippen LogP contribution in [0.5, 0.6) is 0 Å². The van der Waals surface area contributed by atoms with Crippen molar-refractivity contribution in [3.63, 3.8) is 0 Å². The molecule has 1 rings (SSSR count). The van der Waals surface area contributed by atoms with E-state index in [0.29, 0.717) is 5.56 Å². The van der Waals surface area contributed by atoms with E-state index in [1.807, 2.05) is 0 Å². The number of aliphatic hydroxyl groups is 1. The van der Waals surface area contributed by atoms with Gasteiger partial charge in [0.1, 0.15) is 5.56 Å². The lowest BCUT2D eigenvalue weighted by molar-refractivity contribution is 0.0594. The van der Waals surface area contributed by atoms with E-state index in [2.05, 4.69) is 9.72 Å². The van der Waals surface area contributed by atoms with E-state index in [-0.39, 0.29) is 12.2 Å². The minimum absolute atomic E-state index is 0.134. The van der Waals surface area contributed by atoms with Gasteiger partial charge in [-0.3, -0.25) is 0 Å². The van der Waals surface area contributed by atoms with Gasteiger partial charge in [-0.25, -0.2) is 9.78 Å². The standard InChI is InChI=1S/C10H10FNO3/c1-15-10(14)8-5-7(3-2-4-13)6-12-9(8)11/h2-3,5-6,13H,4H2,1H3. The molecule has 5 heteroatoms. The van der Waals surface area contributed by atoms with Crippen LogP contribution >= 0.6 is 0 Å². The molecule has 0 saturated heterocycles. The zero-order valence-corrected chi connectivity index (χ0v) is 8.11. The number of halogens is 1. The number of ether oxygens (including phenoxy) is 1. The molecule has 1 aromatic rings. The minimum Gasteiger partial charge on any atom is -0.465 e. The van der Waals surface area contributed by atoms with Crippen molar-refractivity contribution in [2.24, 2.45) is 0 Å². The van der Waals surface area contributed by atoms with Crippen LogP contribution in [0.3, 0.4) is 0 Å². The van der Waals surface area contributed by atoms with Gasteiger partial charge in [0.15, 0.2) is 0 Å². The van der Waals surface area contributed by atoms with Crippen LogP contribution in [0, 0.1) is 5.95 Å². The summed E-state index contributed by atoms with van der Waals surface area (Å²) in [5.74, 6) is -1.65. The van der Waals surface area contributed by atoms with Gasteiger partial charge in [0.05, 0.1) is 13.7 Å². The average Bonchev–Trinajstić information content (AvgIpc) is 2.27. The number of pyridine rings is 1. The molecule has 0 aliphatic carbocycles. The Morgan fingerprint density at radius 3 is 3.07 bits per heavy atom. The predicted octanol–water partition coefficient (Wildman–Crippen LogP) is 1.01. The van der Waals surface area contributed by atoms with Gasteiger partial charge < -0.3 is 9.84 Å². The van der Waals surface area contributed by atoms with Crippen LogP contribution in [0.25, 0.3) is 6.08 Å². The van der Waals surface area contributed by atoms with Crippen LogP contribution in [-0.4, -0.2) is 29.8 Å². The van der Waals surface area contributed by atoms with Crippen molar-refractivity contribution in [1.82, 2.24) is 4.98 Å². The Morgan fingerprint density at radius 1 is 1.73 bits per heavy atom. The van der Waals surface area contributed by atoms with Crippen LogP contribution in [0.2, 0.25) is 0 Å². The molecular weight excluding hydrogens is 201 g/mol. The zero-order chi connectivity index (χ0) is 11.3. The predicted molar refractivity (Wildman–Crippen MR) is 51.7 cm³/mol. The minimum atomic E-state index is -0.872. The van der Waals surface area contributed by atoms with Gasteiger partial charge in [0.2, 0.25) is 5.95 Å². The van der Waals surface area contributed by atoms with Crippen LogP contribution in [0.4, 0.5) is 4.39 Å². The van der Waals surface area contributed by atoms with E-state index < -0.39 is 11.9 Å². The van der Waals surface area contributed by atoms with Gasteiger partial charge >= 0.3 is 5.97 Å². The first-order chi connectivity index (χ1) is 7.19. The molecule has 0 fully saturated rings. The van der Waals surface area contributed by atoms with E-state index in [1.165, 1.54) is 24.4 Å². The van der Waals surface area contributed by atoms with Crippen molar-refractivity contribution in [2.75, 3.05) is 13.7 Å². The molecule has 1 aromatic heterocycles. The number of nitrogens with zero attached hydrogens (tertiary/aromatic N) is 1. The van der Waals surface area contributed by atoms with Gasteiger partial charge in [-0.1, -0.05) is 12.2 Å². The molecule has 0 amide bonds. The molecule has 1 heterocycles. The maximum atomic E-state index is 13.0. The molecule has 0 aliphatic rings. The number of esters is 1. The second kappa shape index (κ2) is 5.21. The monoisotopic (exact) mass is 211 g/mol. The van der Waals surface area contributed by atoms with E-state index in [9.17, 15) is 9.18 Å².